The summed E-state index contributed by atoms with van der Waals surface area (Å²) >= 11 is 0. The molecule has 30 heavy (non-hydrogen) atoms. The zero-order valence-corrected chi connectivity index (χ0v) is 18.2. The summed E-state index contributed by atoms with van der Waals surface area (Å²) in [4.78, 5) is 48.4. The standard InChI is InChI=1S/C23H31NO6/c1-12(25)21-19(24(28)29)11-17-15-10-20(27)18-9-14(30-13(2)26)5-7-22(18,3)16(15)6-8-23(17,21)4/h14-18H,5-11H2,1-4H3/t14-,15?,16?,17?,18?,22?,23?/m0/s1. The first-order chi connectivity index (χ1) is 14.0. The lowest BCUT2D eigenvalue weighted by atomic mass is 9.44. The van der Waals surface area contributed by atoms with E-state index in [0.717, 1.165) is 25.7 Å². The molecule has 0 amide bonds. The molecule has 0 aromatic heterocycles. The van der Waals surface area contributed by atoms with Crippen LogP contribution in [0.5, 0.6) is 0 Å². The van der Waals surface area contributed by atoms with Crippen LogP contribution in [0.1, 0.15) is 72.6 Å². The summed E-state index contributed by atoms with van der Waals surface area (Å²) in [5.41, 5.74) is -0.247. The first-order valence-electron chi connectivity index (χ1n) is 11.1. The third-order valence-electron chi connectivity index (χ3n) is 8.98. The maximum Gasteiger partial charge on any atom is 0.302 e. The van der Waals surface area contributed by atoms with Crippen LogP contribution in [0, 0.1) is 44.6 Å². The van der Waals surface area contributed by atoms with Crippen LogP contribution < -0.4 is 0 Å². The molecule has 4 rings (SSSR count). The summed E-state index contributed by atoms with van der Waals surface area (Å²) in [6.07, 6.45) is 4.26. The molecule has 0 spiro atoms. The van der Waals surface area contributed by atoms with Crippen LogP contribution in [0.4, 0.5) is 0 Å². The molecule has 0 aliphatic heterocycles. The molecule has 3 fully saturated rings. The van der Waals surface area contributed by atoms with Crippen molar-refractivity contribution in [1.82, 2.24) is 0 Å². The fourth-order valence-corrected chi connectivity index (χ4v) is 7.76. The number of carbonyl (C=O) groups excluding carboxylic acids is 3. The van der Waals surface area contributed by atoms with E-state index in [-0.39, 0.29) is 63.8 Å². The summed E-state index contributed by atoms with van der Waals surface area (Å²) in [6, 6.07) is 0. The van der Waals surface area contributed by atoms with Gasteiger partial charge in [0.25, 0.3) is 5.70 Å². The molecule has 0 radical (unpaired) electrons. The van der Waals surface area contributed by atoms with Crippen molar-refractivity contribution in [3.05, 3.63) is 21.4 Å². The normalized spacial score (nSPS) is 42.8. The molecule has 7 atom stereocenters. The van der Waals surface area contributed by atoms with E-state index < -0.39 is 5.41 Å². The number of hydrogen-bond donors (Lipinski definition) is 0. The smallest absolute Gasteiger partial charge is 0.302 e. The van der Waals surface area contributed by atoms with Crippen molar-refractivity contribution in [3.8, 4) is 0 Å². The van der Waals surface area contributed by atoms with Gasteiger partial charge in [-0.1, -0.05) is 13.8 Å². The molecule has 4 aliphatic carbocycles. The monoisotopic (exact) mass is 417 g/mol. The fraction of sp³-hybridized carbons (Fsp3) is 0.783. The van der Waals surface area contributed by atoms with Gasteiger partial charge in [0.1, 0.15) is 11.9 Å². The Morgan fingerprint density at radius 3 is 2.40 bits per heavy atom. The molecule has 0 aromatic rings. The highest BCUT2D eigenvalue weighted by atomic mass is 16.6. The van der Waals surface area contributed by atoms with E-state index >= 15 is 0 Å². The second-order valence-electron chi connectivity index (χ2n) is 10.4. The van der Waals surface area contributed by atoms with Gasteiger partial charge in [0.15, 0.2) is 5.78 Å². The van der Waals surface area contributed by atoms with E-state index in [1.807, 2.05) is 6.92 Å². The quantitative estimate of drug-likeness (QED) is 0.392. The van der Waals surface area contributed by atoms with Crippen molar-refractivity contribution in [2.75, 3.05) is 0 Å². The molecule has 7 heteroatoms. The van der Waals surface area contributed by atoms with Crippen LogP contribution in [0.25, 0.3) is 0 Å². The lowest BCUT2D eigenvalue weighted by Gasteiger charge is -2.59. The van der Waals surface area contributed by atoms with Gasteiger partial charge in [-0.3, -0.25) is 24.5 Å². The van der Waals surface area contributed by atoms with E-state index in [0.29, 0.717) is 24.3 Å². The third kappa shape index (κ3) is 2.95. The number of ether oxygens (including phenoxy) is 1. The number of Topliss-reactive ketones (excluding diaryl/α,β-unsaturated/α-hetero) is 2. The van der Waals surface area contributed by atoms with Gasteiger partial charge in [-0.05, 0) is 62.2 Å². The number of carbonyl (C=O) groups is 3. The predicted molar refractivity (Wildman–Crippen MR) is 108 cm³/mol. The summed E-state index contributed by atoms with van der Waals surface area (Å²) in [7, 11) is 0. The Labute approximate surface area is 176 Å². The van der Waals surface area contributed by atoms with Gasteiger partial charge in [-0.15, -0.1) is 0 Å². The lowest BCUT2D eigenvalue weighted by Crippen LogP contribution is -2.57. The van der Waals surface area contributed by atoms with Crippen molar-refractivity contribution < 1.29 is 24.0 Å². The van der Waals surface area contributed by atoms with Crippen LogP contribution in [0.3, 0.4) is 0 Å². The minimum absolute atomic E-state index is 0.0385. The number of fused-ring (bicyclic) bond motifs is 5. The fourth-order valence-electron chi connectivity index (χ4n) is 7.76. The Morgan fingerprint density at radius 1 is 1.10 bits per heavy atom. The topological polar surface area (TPSA) is 104 Å². The molecule has 7 nitrogen and oxygen atoms in total. The molecule has 3 saturated carbocycles. The number of nitrogens with zero attached hydrogens (tertiary/aromatic N) is 1. The van der Waals surface area contributed by atoms with Crippen molar-refractivity contribution in [2.24, 2.45) is 34.5 Å². The number of esters is 1. The molecule has 0 heterocycles. The van der Waals surface area contributed by atoms with E-state index in [2.05, 4.69) is 6.92 Å². The van der Waals surface area contributed by atoms with Gasteiger partial charge in [0.2, 0.25) is 0 Å². The van der Waals surface area contributed by atoms with Gasteiger partial charge in [-0.25, -0.2) is 0 Å². The van der Waals surface area contributed by atoms with Gasteiger partial charge in [0.05, 0.1) is 10.5 Å². The summed E-state index contributed by atoms with van der Waals surface area (Å²) < 4.78 is 5.43. The Bertz CT molecular complexity index is 862. The van der Waals surface area contributed by atoms with Gasteiger partial charge < -0.3 is 4.74 Å². The largest absolute Gasteiger partial charge is 0.463 e. The number of rotatable bonds is 3. The van der Waals surface area contributed by atoms with Gasteiger partial charge >= 0.3 is 5.97 Å². The number of allylic oxidation sites excluding steroid dienone is 2. The van der Waals surface area contributed by atoms with Crippen molar-refractivity contribution in [2.45, 2.75) is 78.7 Å². The number of nitro groups is 1. The maximum absolute atomic E-state index is 13.3. The highest BCUT2D eigenvalue weighted by Crippen LogP contribution is 2.66. The minimum atomic E-state index is -0.520. The molecular formula is C23H31NO6. The number of hydrogen-bond acceptors (Lipinski definition) is 6. The second kappa shape index (κ2) is 6.99. The number of ketones is 2. The molecule has 0 bridgehead atoms. The van der Waals surface area contributed by atoms with Gasteiger partial charge in [0, 0.05) is 31.1 Å². The highest BCUT2D eigenvalue weighted by Gasteiger charge is 2.64. The van der Waals surface area contributed by atoms with Crippen molar-refractivity contribution in [3.63, 3.8) is 0 Å². The Morgan fingerprint density at radius 2 is 1.80 bits per heavy atom. The molecule has 0 aromatic carbocycles. The van der Waals surface area contributed by atoms with Crippen LogP contribution in [-0.2, 0) is 19.1 Å². The third-order valence-corrected chi connectivity index (χ3v) is 8.98. The predicted octanol–water partition coefficient (Wildman–Crippen LogP) is 3.87. The van der Waals surface area contributed by atoms with Crippen molar-refractivity contribution >= 4 is 17.5 Å². The van der Waals surface area contributed by atoms with Crippen LogP contribution in [0.15, 0.2) is 11.3 Å². The van der Waals surface area contributed by atoms with Crippen molar-refractivity contribution in [1.29, 1.82) is 0 Å². The lowest BCUT2D eigenvalue weighted by molar-refractivity contribution is -0.428. The second-order valence-corrected chi connectivity index (χ2v) is 10.4. The van der Waals surface area contributed by atoms with E-state index in [4.69, 9.17) is 4.74 Å². The van der Waals surface area contributed by atoms with Crippen LogP contribution in [-0.4, -0.2) is 28.6 Å². The highest BCUT2D eigenvalue weighted by molar-refractivity contribution is 5.96. The molecule has 164 valence electrons. The Kier molecular flexibility index (Phi) is 4.94. The molecule has 0 N–H and O–H groups in total. The SMILES string of the molecule is CC(=O)O[C@H]1CCC2(C)C(C1)C(=O)CC1C3CC([N+](=O)[O-])=C(C(C)=O)C3(C)CCC12. The van der Waals surface area contributed by atoms with E-state index in [9.17, 15) is 24.5 Å². The van der Waals surface area contributed by atoms with E-state index in [1.54, 1.807) is 0 Å². The first-order valence-corrected chi connectivity index (χ1v) is 11.1. The average Bonchev–Trinajstić information content (AvgIpc) is 2.96. The van der Waals surface area contributed by atoms with Crippen LogP contribution in [0.2, 0.25) is 0 Å². The average molecular weight is 418 g/mol. The molecule has 4 aliphatic rings. The molecule has 0 saturated heterocycles. The maximum atomic E-state index is 13.3. The molecule has 6 unspecified atom stereocenters. The van der Waals surface area contributed by atoms with Gasteiger partial charge in [-0.2, -0.15) is 0 Å². The van der Waals surface area contributed by atoms with Crippen LogP contribution >= 0.6 is 0 Å². The zero-order valence-electron chi connectivity index (χ0n) is 18.2. The zero-order chi connectivity index (χ0) is 22.0. The minimum Gasteiger partial charge on any atom is -0.463 e. The van der Waals surface area contributed by atoms with E-state index in [1.165, 1.54) is 13.8 Å². The summed E-state index contributed by atoms with van der Waals surface area (Å²) in [6.45, 7) is 7.03. The molecular weight excluding hydrogens is 386 g/mol. The Hall–Kier alpha value is -2.05. The first kappa shape index (κ1) is 21.2. The summed E-state index contributed by atoms with van der Waals surface area (Å²) in [5, 5.41) is 11.7. The Balaban J connectivity index is 1.65. The summed E-state index contributed by atoms with van der Waals surface area (Å²) in [5.74, 6) is -0.122.